The number of benzene rings is 1. The fourth-order valence-electron chi connectivity index (χ4n) is 5.75. The zero-order valence-corrected chi connectivity index (χ0v) is 29.6. The predicted octanol–water partition coefficient (Wildman–Crippen LogP) is 2.03. The van der Waals surface area contributed by atoms with Gasteiger partial charge in [-0.1, -0.05) is 26.3 Å². The highest BCUT2D eigenvalue weighted by atomic mass is 16.5. The number of nitrogens with zero attached hydrogens (tertiary/aromatic N) is 4. The minimum absolute atomic E-state index is 0.00328. The van der Waals surface area contributed by atoms with Crippen LogP contribution >= 0.6 is 0 Å². The molecule has 0 saturated carbocycles. The Morgan fingerprint density at radius 2 is 1.74 bits per heavy atom. The number of H-pyrrole nitrogens is 1. The second kappa shape index (κ2) is 17.4. The van der Waals surface area contributed by atoms with Crippen LogP contribution < -0.4 is 31.0 Å². The number of hydrogen-bond acceptors (Lipinski definition) is 9. The van der Waals surface area contributed by atoms with E-state index in [2.05, 4.69) is 26.0 Å². The summed E-state index contributed by atoms with van der Waals surface area (Å²) in [5, 5.41) is 13.4. The Morgan fingerprint density at radius 1 is 1.00 bits per heavy atom. The van der Waals surface area contributed by atoms with Crippen LogP contribution in [0.3, 0.4) is 0 Å². The number of aromatic nitrogens is 4. The maximum absolute atomic E-state index is 13.6. The molecule has 4 amide bonds. The highest BCUT2D eigenvalue weighted by Gasteiger charge is 2.29. The van der Waals surface area contributed by atoms with E-state index in [1.807, 2.05) is 26.0 Å². The van der Waals surface area contributed by atoms with Gasteiger partial charge in [0.05, 0.1) is 20.3 Å². The van der Waals surface area contributed by atoms with Crippen molar-refractivity contribution in [1.29, 1.82) is 0 Å². The molecule has 270 valence electrons. The van der Waals surface area contributed by atoms with E-state index in [4.69, 9.17) is 14.5 Å². The van der Waals surface area contributed by atoms with Crippen molar-refractivity contribution < 1.29 is 28.7 Å². The first-order valence-electron chi connectivity index (χ1n) is 16.9. The van der Waals surface area contributed by atoms with E-state index in [9.17, 15) is 24.0 Å². The second-order valence-electron chi connectivity index (χ2n) is 12.6. The van der Waals surface area contributed by atoms with E-state index in [0.717, 1.165) is 5.56 Å². The van der Waals surface area contributed by atoms with Crippen LogP contribution in [0.2, 0.25) is 0 Å². The number of fused-ring (bicyclic) bond motifs is 1. The molecule has 0 unspecified atom stereocenters. The lowest BCUT2D eigenvalue weighted by molar-refractivity contribution is -0.130. The number of methoxy groups -OCH3 is 2. The summed E-state index contributed by atoms with van der Waals surface area (Å²) >= 11 is 0. The molecule has 0 radical (unpaired) electrons. The molecule has 3 atom stereocenters. The summed E-state index contributed by atoms with van der Waals surface area (Å²) in [5.41, 5.74) is 0.982. The van der Waals surface area contributed by atoms with Crippen LogP contribution in [0.5, 0.6) is 11.5 Å². The van der Waals surface area contributed by atoms with Gasteiger partial charge in [0.25, 0.3) is 11.5 Å². The highest BCUT2D eigenvalue weighted by molar-refractivity contribution is 5.94. The molecule has 0 aliphatic carbocycles. The van der Waals surface area contributed by atoms with Crippen molar-refractivity contribution in [3.05, 3.63) is 69.2 Å². The zero-order chi connectivity index (χ0) is 36.4. The van der Waals surface area contributed by atoms with Gasteiger partial charge >= 0.3 is 0 Å². The first-order valence-corrected chi connectivity index (χ1v) is 16.9. The van der Waals surface area contributed by atoms with Gasteiger partial charge in [0.2, 0.25) is 17.7 Å². The van der Waals surface area contributed by atoms with Crippen molar-refractivity contribution >= 4 is 23.6 Å². The van der Waals surface area contributed by atoms with E-state index in [-0.39, 0.29) is 55.9 Å². The molecule has 15 nitrogen and oxygen atoms in total. The topological polar surface area (TPSA) is 190 Å². The molecule has 15 heteroatoms. The maximum Gasteiger partial charge on any atom is 0.260 e. The number of aryl methyl sites for hydroxylation is 1. The normalized spacial score (nSPS) is 18.8. The Labute approximate surface area is 291 Å². The fraction of sp³-hybridized carbons (Fsp3) is 0.514. The van der Waals surface area contributed by atoms with Gasteiger partial charge in [0.15, 0.2) is 17.3 Å². The molecule has 4 rings (SSSR count). The molecule has 50 heavy (non-hydrogen) atoms. The van der Waals surface area contributed by atoms with E-state index in [0.29, 0.717) is 54.5 Å². The first kappa shape index (κ1) is 37.6. The third kappa shape index (κ3) is 9.70. The van der Waals surface area contributed by atoms with Crippen molar-refractivity contribution in [2.75, 3.05) is 33.9 Å². The van der Waals surface area contributed by atoms with Gasteiger partial charge < -0.3 is 35.3 Å². The van der Waals surface area contributed by atoms with Gasteiger partial charge in [-0.2, -0.15) is 5.10 Å². The number of nitrogens with one attached hydrogen (secondary N) is 4. The summed E-state index contributed by atoms with van der Waals surface area (Å²) in [6, 6.07) is 7.15. The summed E-state index contributed by atoms with van der Waals surface area (Å²) in [6.07, 6.45) is 1.73. The smallest absolute Gasteiger partial charge is 0.260 e. The Morgan fingerprint density at radius 3 is 2.44 bits per heavy atom. The standard InChI is InChI=1S/C35H48N8O7/c1-7-21(2)31-34(47)38-23(4)32-39-28(19-24-12-14-26(49-5)27(18-24)50-6)41-43(32)20-30(45)36-15-9-17-42(16-8-10-29(44)40-31)35(48)25-13-11-22(3)37-33(25)46/h11-14,18,21,23,31H,7-10,15-17,19-20H2,1-6H3,(H,36,45)(H,37,46)(H,38,47)(H,40,44)/t21-,23+,31-/m0/s1. The van der Waals surface area contributed by atoms with Crippen LogP contribution in [-0.2, 0) is 27.3 Å². The van der Waals surface area contributed by atoms with Crippen molar-refractivity contribution in [3.63, 3.8) is 0 Å². The Balaban J connectivity index is 1.61. The fourth-order valence-corrected chi connectivity index (χ4v) is 5.75. The number of carbonyl (C=O) groups excluding carboxylic acids is 4. The maximum atomic E-state index is 13.6. The third-order valence-electron chi connectivity index (χ3n) is 8.74. The Hall–Kier alpha value is -5.21. The van der Waals surface area contributed by atoms with Gasteiger partial charge in [-0.05, 0) is 62.4 Å². The van der Waals surface area contributed by atoms with Crippen LogP contribution in [0.4, 0.5) is 0 Å². The number of ether oxygens (including phenoxy) is 2. The molecule has 3 heterocycles. The van der Waals surface area contributed by atoms with Crippen molar-refractivity contribution in [2.45, 2.75) is 78.4 Å². The number of pyridine rings is 1. The van der Waals surface area contributed by atoms with Gasteiger partial charge in [0.1, 0.15) is 24.0 Å². The molecule has 1 aromatic carbocycles. The summed E-state index contributed by atoms with van der Waals surface area (Å²) in [7, 11) is 3.11. The number of carbonyl (C=O) groups is 4. The van der Waals surface area contributed by atoms with E-state index >= 15 is 0 Å². The molecule has 0 spiro atoms. The number of rotatable bonds is 7. The van der Waals surface area contributed by atoms with Gasteiger partial charge in [-0.15, -0.1) is 0 Å². The number of amides is 4. The van der Waals surface area contributed by atoms with Gasteiger partial charge in [-0.25, -0.2) is 9.67 Å². The molecule has 4 N–H and O–H groups in total. The van der Waals surface area contributed by atoms with E-state index < -0.39 is 29.5 Å². The van der Waals surface area contributed by atoms with Crippen LogP contribution in [0, 0.1) is 12.8 Å². The average molecular weight is 693 g/mol. The zero-order valence-electron chi connectivity index (χ0n) is 29.6. The van der Waals surface area contributed by atoms with Crippen LogP contribution in [-0.4, -0.2) is 88.2 Å². The molecule has 1 aliphatic heterocycles. The monoisotopic (exact) mass is 692 g/mol. The summed E-state index contributed by atoms with van der Waals surface area (Å²) in [4.78, 5) is 74.8. The summed E-state index contributed by atoms with van der Waals surface area (Å²) < 4.78 is 12.2. The quantitative estimate of drug-likeness (QED) is 0.287. The molecule has 3 aromatic rings. The molecule has 0 fully saturated rings. The number of hydrogen-bond donors (Lipinski definition) is 4. The highest BCUT2D eigenvalue weighted by Crippen LogP contribution is 2.28. The molecule has 0 saturated heterocycles. The SMILES string of the molecule is CC[C@H](C)[C@@H]1NC(=O)CCCN(C(=O)c2ccc(C)[nH]c2=O)CCCNC(=O)Cn2nc(Cc3ccc(OC)c(OC)c3)nc2[C@@H](C)NC1=O. The Bertz CT molecular complexity index is 1740. The van der Waals surface area contributed by atoms with Gasteiger partial charge in [0, 0.05) is 38.2 Å². The van der Waals surface area contributed by atoms with Crippen molar-refractivity contribution in [2.24, 2.45) is 5.92 Å². The van der Waals surface area contributed by atoms with E-state index in [1.165, 1.54) is 15.6 Å². The molecule has 1 aliphatic rings. The predicted molar refractivity (Wildman–Crippen MR) is 185 cm³/mol. The molecule has 2 aromatic heterocycles. The van der Waals surface area contributed by atoms with Gasteiger partial charge in [-0.3, -0.25) is 24.0 Å². The summed E-state index contributed by atoms with van der Waals surface area (Å²) in [6.45, 7) is 7.83. The largest absolute Gasteiger partial charge is 0.493 e. The lowest BCUT2D eigenvalue weighted by atomic mass is 9.97. The Kier molecular flexibility index (Phi) is 13.1. The minimum Gasteiger partial charge on any atom is -0.493 e. The molecule has 0 bridgehead atoms. The third-order valence-corrected chi connectivity index (χ3v) is 8.74. The van der Waals surface area contributed by atoms with Crippen LogP contribution in [0.25, 0.3) is 0 Å². The average Bonchev–Trinajstić information content (AvgIpc) is 3.48. The van der Waals surface area contributed by atoms with Crippen molar-refractivity contribution in [3.8, 4) is 11.5 Å². The first-order chi connectivity index (χ1) is 23.9. The number of aromatic amines is 1. The second-order valence-corrected chi connectivity index (χ2v) is 12.6. The van der Waals surface area contributed by atoms with Crippen LogP contribution in [0.1, 0.15) is 85.8 Å². The van der Waals surface area contributed by atoms with E-state index in [1.54, 1.807) is 40.2 Å². The van der Waals surface area contributed by atoms with Crippen molar-refractivity contribution in [1.82, 2.24) is 40.6 Å². The molecular weight excluding hydrogens is 644 g/mol. The summed E-state index contributed by atoms with van der Waals surface area (Å²) in [5.74, 6) is 0.240. The lowest BCUT2D eigenvalue weighted by Crippen LogP contribution is -2.51. The van der Waals surface area contributed by atoms with Crippen LogP contribution in [0.15, 0.2) is 35.1 Å². The molecular formula is C35H48N8O7. The lowest BCUT2D eigenvalue weighted by Gasteiger charge is -2.26. The minimum atomic E-state index is -0.830.